The highest BCUT2D eigenvalue weighted by molar-refractivity contribution is 9.10. The molecule has 31 heavy (non-hydrogen) atoms. The Morgan fingerprint density at radius 3 is 2.45 bits per heavy atom. The van der Waals surface area contributed by atoms with E-state index in [1.54, 1.807) is 4.90 Å². The van der Waals surface area contributed by atoms with Crippen LogP contribution in [-0.4, -0.2) is 30.1 Å². The van der Waals surface area contributed by atoms with Crippen LogP contribution < -0.4 is 5.43 Å². The summed E-state index contributed by atoms with van der Waals surface area (Å²) in [7, 11) is 0. The van der Waals surface area contributed by atoms with Crippen LogP contribution in [-0.2, 0) is 4.74 Å². The summed E-state index contributed by atoms with van der Waals surface area (Å²) in [5.41, 5.74) is 3.67. The molecular formula is C25H26BrNO4. The Labute approximate surface area is 190 Å². The largest absolute Gasteiger partial charge is 0.450 e. The van der Waals surface area contributed by atoms with Gasteiger partial charge in [-0.3, -0.25) is 9.59 Å². The van der Waals surface area contributed by atoms with Gasteiger partial charge >= 0.3 is 0 Å². The Morgan fingerprint density at radius 2 is 1.77 bits per heavy atom. The minimum absolute atomic E-state index is 0.133. The second kappa shape index (κ2) is 8.60. The molecule has 1 amide bonds. The van der Waals surface area contributed by atoms with Gasteiger partial charge in [-0.2, -0.15) is 0 Å². The summed E-state index contributed by atoms with van der Waals surface area (Å²) in [4.78, 5) is 28.7. The van der Waals surface area contributed by atoms with Gasteiger partial charge in [0.1, 0.15) is 5.58 Å². The first-order valence-electron chi connectivity index (χ1n) is 10.5. The quantitative estimate of drug-likeness (QED) is 0.432. The number of rotatable bonds is 6. The van der Waals surface area contributed by atoms with Crippen molar-refractivity contribution in [3.8, 4) is 0 Å². The molecule has 0 spiro atoms. The molecule has 1 atom stereocenters. The molecule has 2 aromatic carbocycles. The van der Waals surface area contributed by atoms with Crippen molar-refractivity contribution in [1.29, 1.82) is 0 Å². The number of fused-ring (bicyclic) bond motifs is 2. The molecule has 0 unspecified atom stereocenters. The number of nitrogens with zero attached hydrogens (tertiary/aromatic N) is 1. The highest BCUT2D eigenvalue weighted by Gasteiger charge is 2.42. The topological polar surface area (TPSA) is 59.8 Å². The van der Waals surface area contributed by atoms with Crippen LogP contribution in [0.4, 0.5) is 0 Å². The molecule has 1 aromatic heterocycles. The monoisotopic (exact) mass is 483 g/mol. The standard InChI is InChI=1S/C25H26BrNO4/c1-14(2)30-11-5-10-27-22(17-6-8-18(26)9-7-17)21-23(28)19-12-15(3)16(4)13-20(19)31-24(21)25(27)29/h6-9,12-14,22H,5,10-11H2,1-4H3/t22-/m1/s1. The summed E-state index contributed by atoms with van der Waals surface area (Å²) in [5.74, 6) is -0.0943. The molecule has 0 N–H and O–H groups in total. The molecule has 0 fully saturated rings. The number of hydrogen-bond acceptors (Lipinski definition) is 4. The van der Waals surface area contributed by atoms with Gasteiger partial charge in [-0.25, -0.2) is 0 Å². The van der Waals surface area contributed by atoms with Crippen molar-refractivity contribution in [2.45, 2.75) is 46.3 Å². The molecule has 0 aliphatic carbocycles. The van der Waals surface area contributed by atoms with Crippen LogP contribution in [0.15, 0.2) is 50.1 Å². The molecule has 2 heterocycles. The maximum Gasteiger partial charge on any atom is 0.290 e. The average molecular weight is 484 g/mol. The van der Waals surface area contributed by atoms with Gasteiger partial charge in [0.25, 0.3) is 5.91 Å². The fraction of sp³-hybridized carbons (Fsp3) is 0.360. The lowest BCUT2D eigenvalue weighted by atomic mass is 9.97. The van der Waals surface area contributed by atoms with E-state index in [4.69, 9.17) is 9.15 Å². The van der Waals surface area contributed by atoms with Gasteiger partial charge in [0.05, 0.1) is 23.1 Å². The van der Waals surface area contributed by atoms with Crippen LogP contribution in [0.2, 0.25) is 0 Å². The highest BCUT2D eigenvalue weighted by Crippen LogP contribution is 2.38. The van der Waals surface area contributed by atoms with E-state index in [-0.39, 0.29) is 23.2 Å². The Balaban J connectivity index is 1.83. The van der Waals surface area contributed by atoms with Gasteiger partial charge in [0.2, 0.25) is 5.76 Å². The number of amides is 1. The summed E-state index contributed by atoms with van der Waals surface area (Å²) in [6.07, 6.45) is 0.811. The molecule has 0 saturated carbocycles. The molecule has 1 aliphatic rings. The third kappa shape index (κ3) is 4.06. The average Bonchev–Trinajstić information content (AvgIpc) is 3.00. The van der Waals surface area contributed by atoms with Crippen molar-refractivity contribution >= 4 is 32.8 Å². The van der Waals surface area contributed by atoms with E-state index in [0.29, 0.717) is 36.1 Å². The second-order valence-corrected chi connectivity index (χ2v) is 9.25. The van der Waals surface area contributed by atoms with Crippen molar-refractivity contribution < 1.29 is 13.9 Å². The van der Waals surface area contributed by atoms with E-state index in [1.807, 2.05) is 64.1 Å². The fourth-order valence-electron chi connectivity index (χ4n) is 4.05. The van der Waals surface area contributed by atoms with Crippen LogP contribution in [0.1, 0.15) is 59.1 Å². The van der Waals surface area contributed by atoms with Gasteiger partial charge in [-0.15, -0.1) is 0 Å². The molecule has 0 bridgehead atoms. The maximum atomic E-state index is 13.6. The van der Waals surface area contributed by atoms with Gasteiger partial charge in [0, 0.05) is 17.6 Å². The van der Waals surface area contributed by atoms with Crippen molar-refractivity contribution in [3.05, 3.63) is 79.1 Å². The first kappa shape index (κ1) is 21.8. The second-order valence-electron chi connectivity index (χ2n) is 8.33. The van der Waals surface area contributed by atoms with E-state index < -0.39 is 6.04 Å². The first-order valence-corrected chi connectivity index (χ1v) is 11.3. The van der Waals surface area contributed by atoms with E-state index in [9.17, 15) is 9.59 Å². The molecule has 1 aliphatic heterocycles. The minimum atomic E-state index is -0.475. The Bertz CT molecular complexity index is 1200. The van der Waals surface area contributed by atoms with Crippen LogP contribution in [0.3, 0.4) is 0 Å². The van der Waals surface area contributed by atoms with Crippen molar-refractivity contribution in [2.24, 2.45) is 0 Å². The molecule has 4 rings (SSSR count). The van der Waals surface area contributed by atoms with E-state index in [0.717, 1.165) is 21.2 Å². The van der Waals surface area contributed by atoms with Crippen LogP contribution in [0, 0.1) is 13.8 Å². The predicted octanol–water partition coefficient (Wildman–Crippen LogP) is 5.53. The Morgan fingerprint density at radius 1 is 1.10 bits per heavy atom. The zero-order valence-corrected chi connectivity index (χ0v) is 19.8. The van der Waals surface area contributed by atoms with Crippen molar-refractivity contribution in [3.63, 3.8) is 0 Å². The smallest absolute Gasteiger partial charge is 0.290 e. The van der Waals surface area contributed by atoms with Crippen molar-refractivity contribution in [1.82, 2.24) is 4.90 Å². The zero-order valence-electron chi connectivity index (χ0n) is 18.2. The molecule has 3 aromatic rings. The summed E-state index contributed by atoms with van der Waals surface area (Å²) in [6, 6.07) is 11.0. The molecule has 0 radical (unpaired) electrons. The van der Waals surface area contributed by atoms with Crippen LogP contribution in [0.5, 0.6) is 0 Å². The number of benzene rings is 2. The number of aryl methyl sites for hydroxylation is 2. The third-order valence-corrected chi connectivity index (χ3v) is 6.29. The lowest BCUT2D eigenvalue weighted by molar-refractivity contribution is 0.0593. The first-order chi connectivity index (χ1) is 14.8. The normalized spacial score (nSPS) is 15.9. The fourth-order valence-corrected chi connectivity index (χ4v) is 4.32. The van der Waals surface area contributed by atoms with Gasteiger partial charge < -0.3 is 14.1 Å². The lowest BCUT2D eigenvalue weighted by Gasteiger charge is -2.25. The van der Waals surface area contributed by atoms with Gasteiger partial charge in [0.15, 0.2) is 5.43 Å². The Kier molecular flexibility index (Phi) is 6.04. The number of carbonyl (C=O) groups is 1. The summed E-state index contributed by atoms with van der Waals surface area (Å²) >= 11 is 3.46. The number of halogens is 1. The van der Waals surface area contributed by atoms with E-state index in [2.05, 4.69) is 15.9 Å². The predicted molar refractivity (Wildman–Crippen MR) is 125 cm³/mol. The van der Waals surface area contributed by atoms with Crippen LogP contribution in [0.25, 0.3) is 11.0 Å². The summed E-state index contributed by atoms with van der Waals surface area (Å²) in [5, 5.41) is 0.516. The molecular weight excluding hydrogens is 458 g/mol. The molecule has 162 valence electrons. The number of ether oxygens (including phenoxy) is 1. The molecule has 6 heteroatoms. The summed E-state index contributed by atoms with van der Waals surface area (Å²) in [6.45, 7) is 8.94. The number of carbonyl (C=O) groups excluding carboxylic acids is 1. The zero-order chi connectivity index (χ0) is 22.3. The maximum absolute atomic E-state index is 13.6. The molecule has 0 saturated heterocycles. The van der Waals surface area contributed by atoms with Gasteiger partial charge in [-0.05, 0) is 75.1 Å². The van der Waals surface area contributed by atoms with E-state index >= 15 is 0 Å². The van der Waals surface area contributed by atoms with Crippen molar-refractivity contribution in [2.75, 3.05) is 13.2 Å². The SMILES string of the molecule is Cc1cc2oc3c(c(=O)c2cc1C)[C@@H](c1ccc(Br)cc1)N(CCCOC(C)C)C3=O. The van der Waals surface area contributed by atoms with E-state index in [1.165, 1.54) is 0 Å². The lowest BCUT2D eigenvalue weighted by Crippen LogP contribution is -2.31. The third-order valence-electron chi connectivity index (χ3n) is 5.76. The summed E-state index contributed by atoms with van der Waals surface area (Å²) < 4.78 is 12.6. The molecule has 5 nitrogen and oxygen atoms in total. The van der Waals surface area contributed by atoms with Crippen LogP contribution >= 0.6 is 15.9 Å². The Hall–Kier alpha value is -2.44. The van der Waals surface area contributed by atoms with Gasteiger partial charge in [-0.1, -0.05) is 28.1 Å². The minimum Gasteiger partial charge on any atom is -0.450 e. The number of hydrogen-bond donors (Lipinski definition) is 0. The highest BCUT2D eigenvalue weighted by atomic mass is 79.9.